The van der Waals surface area contributed by atoms with E-state index in [-0.39, 0.29) is 5.91 Å². The van der Waals surface area contributed by atoms with Crippen LogP contribution in [0.15, 0.2) is 18.2 Å². The van der Waals surface area contributed by atoms with Gasteiger partial charge >= 0.3 is 0 Å². The Balaban J connectivity index is 1.81. The number of nitrogens with two attached hydrogens (primary N) is 1. The number of amides is 1. The Morgan fingerprint density at radius 2 is 2.10 bits per heavy atom. The van der Waals surface area contributed by atoms with E-state index in [9.17, 15) is 4.79 Å². The van der Waals surface area contributed by atoms with E-state index in [1.54, 1.807) is 7.11 Å². The average molecular weight is 288 g/mol. The molecular weight excluding hydrogens is 264 g/mol. The lowest BCUT2D eigenvalue weighted by Gasteiger charge is -2.29. The predicted molar refractivity (Wildman–Crippen MR) is 82.2 cm³/mol. The van der Waals surface area contributed by atoms with Crippen LogP contribution >= 0.6 is 0 Å². The summed E-state index contributed by atoms with van der Waals surface area (Å²) >= 11 is 0. The highest BCUT2D eigenvalue weighted by Crippen LogP contribution is 2.40. The molecule has 1 aromatic rings. The van der Waals surface area contributed by atoms with Gasteiger partial charge in [0.1, 0.15) is 11.3 Å². The van der Waals surface area contributed by atoms with Gasteiger partial charge in [0.25, 0.3) is 0 Å². The zero-order valence-electron chi connectivity index (χ0n) is 12.7. The molecule has 0 heterocycles. The Labute approximate surface area is 126 Å². The quantitative estimate of drug-likeness (QED) is 0.896. The number of methoxy groups -OCH3 is 1. The molecule has 3 N–H and O–H groups in total. The van der Waals surface area contributed by atoms with Gasteiger partial charge in [0.2, 0.25) is 5.91 Å². The van der Waals surface area contributed by atoms with Crippen molar-refractivity contribution in [2.24, 2.45) is 5.73 Å². The van der Waals surface area contributed by atoms with Gasteiger partial charge in [0.05, 0.1) is 7.11 Å². The maximum absolute atomic E-state index is 12.7. The highest BCUT2D eigenvalue weighted by atomic mass is 16.5. The van der Waals surface area contributed by atoms with Crippen LogP contribution in [0.25, 0.3) is 0 Å². The fraction of sp³-hybridized carbons (Fsp3) is 0.588. The van der Waals surface area contributed by atoms with Gasteiger partial charge in [-0.1, -0.05) is 31.4 Å². The minimum atomic E-state index is -0.901. The molecule has 114 valence electrons. The predicted octanol–water partition coefficient (Wildman–Crippen LogP) is 2.24. The first-order valence-electron chi connectivity index (χ1n) is 7.91. The molecule has 21 heavy (non-hydrogen) atoms. The zero-order chi connectivity index (χ0) is 14.9. The Hall–Kier alpha value is -1.55. The summed E-state index contributed by atoms with van der Waals surface area (Å²) in [5.41, 5.74) is 7.60. The Morgan fingerprint density at radius 1 is 1.33 bits per heavy atom. The van der Waals surface area contributed by atoms with Crippen molar-refractivity contribution >= 4 is 5.91 Å². The van der Waals surface area contributed by atoms with Crippen molar-refractivity contribution < 1.29 is 9.53 Å². The standard InChI is InChI=1S/C17H24N2O2/c1-21-15-9-5-8-14-13(15)10-11-17(14,18)16(20)19-12-6-3-2-4-7-12/h5,8-9,12H,2-4,6-7,10-11,18H2,1H3,(H,19,20). The van der Waals surface area contributed by atoms with E-state index in [4.69, 9.17) is 10.5 Å². The molecule has 0 aliphatic heterocycles. The molecule has 0 aromatic heterocycles. The second-order valence-electron chi connectivity index (χ2n) is 6.27. The monoisotopic (exact) mass is 288 g/mol. The summed E-state index contributed by atoms with van der Waals surface area (Å²) in [4.78, 5) is 12.7. The van der Waals surface area contributed by atoms with Crippen LogP contribution in [0.2, 0.25) is 0 Å². The van der Waals surface area contributed by atoms with Crippen molar-refractivity contribution in [3.63, 3.8) is 0 Å². The van der Waals surface area contributed by atoms with Gasteiger partial charge in [-0.2, -0.15) is 0 Å². The number of nitrogens with one attached hydrogen (secondary N) is 1. The van der Waals surface area contributed by atoms with Gasteiger partial charge in [0.15, 0.2) is 0 Å². The fourth-order valence-corrected chi connectivity index (χ4v) is 3.69. The van der Waals surface area contributed by atoms with E-state index in [0.29, 0.717) is 12.5 Å². The van der Waals surface area contributed by atoms with Gasteiger partial charge in [-0.25, -0.2) is 0 Å². The molecular formula is C17H24N2O2. The molecule has 0 radical (unpaired) electrons. The Kier molecular flexibility index (Phi) is 3.89. The summed E-state index contributed by atoms with van der Waals surface area (Å²) < 4.78 is 5.39. The summed E-state index contributed by atoms with van der Waals surface area (Å²) in [6.07, 6.45) is 7.29. The number of carbonyl (C=O) groups excluding carboxylic acids is 1. The first kappa shape index (κ1) is 14.4. The molecule has 1 aromatic carbocycles. The van der Waals surface area contributed by atoms with E-state index in [1.165, 1.54) is 19.3 Å². The van der Waals surface area contributed by atoms with Gasteiger partial charge in [-0.05, 0) is 42.9 Å². The van der Waals surface area contributed by atoms with E-state index >= 15 is 0 Å². The third kappa shape index (κ3) is 2.53. The van der Waals surface area contributed by atoms with Crippen LogP contribution < -0.4 is 15.8 Å². The van der Waals surface area contributed by atoms with E-state index in [2.05, 4.69) is 5.32 Å². The summed E-state index contributed by atoms with van der Waals surface area (Å²) in [6, 6.07) is 6.11. The van der Waals surface area contributed by atoms with Crippen molar-refractivity contribution in [2.75, 3.05) is 7.11 Å². The number of rotatable bonds is 3. The van der Waals surface area contributed by atoms with E-state index in [1.807, 2.05) is 18.2 Å². The average Bonchev–Trinajstić information content (AvgIpc) is 2.87. The first-order chi connectivity index (χ1) is 10.1. The number of hydrogen-bond donors (Lipinski definition) is 2. The second-order valence-corrected chi connectivity index (χ2v) is 6.27. The van der Waals surface area contributed by atoms with Crippen molar-refractivity contribution in [3.8, 4) is 5.75 Å². The molecule has 3 rings (SSSR count). The Bertz CT molecular complexity index is 538. The van der Waals surface area contributed by atoms with Crippen LogP contribution in [0.5, 0.6) is 5.75 Å². The molecule has 0 spiro atoms. The number of ether oxygens (including phenoxy) is 1. The molecule has 4 nitrogen and oxygen atoms in total. The third-order valence-corrected chi connectivity index (χ3v) is 4.95. The molecule has 2 aliphatic rings. The lowest BCUT2D eigenvalue weighted by atomic mass is 9.89. The molecule has 1 amide bonds. The fourth-order valence-electron chi connectivity index (χ4n) is 3.69. The van der Waals surface area contributed by atoms with Crippen molar-refractivity contribution in [3.05, 3.63) is 29.3 Å². The highest BCUT2D eigenvalue weighted by Gasteiger charge is 2.43. The normalized spacial score (nSPS) is 25.4. The molecule has 0 saturated heterocycles. The van der Waals surface area contributed by atoms with Crippen molar-refractivity contribution in [1.82, 2.24) is 5.32 Å². The van der Waals surface area contributed by atoms with Gasteiger partial charge in [-0.3, -0.25) is 4.79 Å². The van der Waals surface area contributed by atoms with Crippen LogP contribution in [0.4, 0.5) is 0 Å². The summed E-state index contributed by atoms with van der Waals surface area (Å²) in [7, 11) is 1.66. The highest BCUT2D eigenvalue weighted by molar-refractivity contribution is 5.89. The molecule has 0 bridgehead atoms. The van der Waals surface area contributed by atoms with Crippen LogP contribution in [-0.2, 0) is 16.8 Å². The third-order valence-electron chi connectivity index (χ3n) is 4.95. The van der Waals surface area contributed by atoms with Crippen LogP contribution in [0.3, 0.4) is 0 Å². The molecule has 2 aliphatic carbocycles. The topological polar surface area (TPSA) is 64.3 Å². The largest absolute Gasteiger partial charge is 0.496 e. The minimum Gasteiger partial charge on any atom is -0.496 e. The number of benzene rings is 1. The number of fused-ring (bicyclic) bond motifs is 1. The number of carbonyl (C=O) groups is 1. The molecule has 1 fully saturated rings. The maximum atomic E-state index is 12.7. The van der Waals surface area contributed by atoms with Gasteiger partial charge < -0.3 is 15.8 Å². The molecule has 1 saturated carbocycles. The van der Waals surface area contributed by atoms with Crippen molar-refractivity contribution in [2.45, 2.75) is 56.5 Å². The lowest BCUT2D eigenvalue weighted by molar-refractivity contribution is -0.127. The van der Waals surface area contributed by atoms with Crippen LogP contribution in [-0.4, -0.2) is 19.1 Å². The van der Waals surface area contributed by atoms with E-state index in [0.717, 1.165) is 36.1 Å². The first-order valence-corrected chi connectivity index (χ1v) is 7.91. The Morgan fingerprint density at radius 3 is 2.81 bits per heavy atom. The maximum Gasteiger partial charge on any atom is 0.244 e. The SMILES string of the molecule is COc1cccc2c1CCC2(N)C(=O)NC1CCCCC1. The minimum absolute atomic E-state index is 0.0265. The van der Waals surface area contributed by atoms with Crippen molar-refractivity contribution in [1.29, 1.82) is 0 Å². The van der Waals surface area contributed by atoms with Gasteiger partial charge in [-0.15, -0.1) is 0 Å². The smallest absolute Gasteiger partial charge is 0.244 e. The number of hydrogen-bond acceptors (Lipinski definition) is 3. The second kappa shape index (κ2) is 5.68. The molecule has 1 atom stereocenters. The van der Waals surface area contributed by atoms with Crippen LogP contribution in [0, 0.1) is 0 Å². The summed E-state index contributed by atoms with van der Waals surface area (Å²) in [6.45, 7) is 0. The zero-order valence-corrected chi connectivity index (χ0v) is 12.7. The van der Waals surface area contributed by atoms with Crippen LogP contribution in [0.1, 0.15) is 49.7 Å². The van der Waals surface area contributed by atoms with Gasteiger partial charge in [0, 0.05) is 6.04 Å². The molecule has 1 unspecified atom stereocenters. The lowest BCUT2D eigenvalue weighted by Crippen LogP contribution is -2.52. The van der Waals surface area contributed by atoms with E-state index < -0.39 is 5.54 Å². The summed E-state index contributed by atoms with van der Waals surface area (Å²) in [5, 5.41) is 3.17. The summed E-state index contributed by atoms with van der Waals surface area (Å²) in [5.74, 6) is 0.812. The molecule has 4 heteroatoms.